The van der Waals surface area contributed by atoms with Crippen molar-refractivity contribution in [2.24, 2.45) is 0 Å². The normalized spacial score (nSPS) is 10.1. The Labute approximate surface area is 91.3 Å². The molecule has 5 heteroatoms. The Bertz CT molecular complexity index is 522. The number of nitrogens with zero attached hydrogens (tertiary/aromatic N) is 2. The van der Waals surface area contributed by atoms with E-state index < -0.39 is 5.82 Å². The van der Waals surface area contributed by atoms with Crippen LogP contribution in [0.1, 0.15) is 10.4 Å². The largest absolute Gasteiger partial charge is 0.493 e. The lowest BCUT2D eigenvalue weighted by Gasteiger charge is -2.02. The van der Waals surface area contributed by atoms with Crippen LogP contribution < -0.4 is 4.74 Å². The second-order valence-electron chi connectivity index (χ2n) is 3.15. The van der Waals surface area contributed by atoms with Crippen LogP contribution in [0, 0.1) is 5.82 Å². The highest BCUT2D eigenvalue weighted by Gasteiger charge is 2.07. The van der Waals surface area contributed by atoms with Gasteiger partial charge in [0.1, 0.15) is 17.8 Å². The molecule has 0 saturated heterocycles. The molecule has 2 aromatic rings. The topological polar surface area (TPSA) is 44.1 Å². The molecule has 0 N–H and O–H groups in total. The summed E-state index contributed by atoms with van der Waals surface area (Å²) in [5.74, 6) is 0.0363. The first-order valence-electron chi connectivity index (χ1n) is 4.58. The Balaban J connectivity index is 2.43. The number of aldehydes is 1. The van der Waals surface area contributed by atoms with E-state index in [1.807, 2.05) is 0 Å². The molecule has 16 heavy (non-hydrogen) atoms. The van der Waals surface area contributed by atoms with Gasteiger partial charge in [0.2, 0.25) is 0 Å². The van der Waals surface area contributed by atoms with Gasteiger partial charge in [-0.2, -0.15) is 5.10 Å². The molecule has 0 radical (unpaired) electrons. The SMILES string of the molecule is COc1cnn(-c2ccc(C=O)cc2F)c1. The molecule has 0 saturated carbocycles. The second kappa shape index (κ2) is 4.14. The van der Waals surface area contributed by atoms with Gasteiger partial charge in [-0.25, -0.2) is 9.07 Å². The molecule has 1 aromatic heterocycles. The third-order valence-electron chi connectivity index (χ3n) is 2.15. The van der Waals surface area contributed by atoms with E-state index in [0.29, 0.717) is 17.6 Å². The van der Waals surface area contributed by atoms with Crippen molar-refractivity contribution in [1.82, 2.24) is 9.78 Å². The number of ether oxygens (including phenoxy) is 1. The van der Waals surface area contributed by atoms with E-state index in [1.165, 1.54) is 30.1 Å². The maximum Gasteiger partial charge on any atom is 0.157 e. The maximum atomic E-state index is 13.6. The number of rotatable bonds is 3. The molecule has 0 atom stereocenters. The minimum Gasteiger partial charge on any atom is -0.493 e. The van der Waals surface area contributed by atoms with Gasteiger partial charge in [-0.15, -0.1) is 0 Å². The highest BCUT2D eigenvalue weighted by atomic mass is 19.1. The Kier molecular flexibility index (Phi) is 2.68. The minimum atomic E-state index is -0.504. The number of benzene rings is 1. The summed E-state index contributed by atoms with van der Waals surface area (Å²) in [5.41, 5.74) is 0.564. The summed E-state index contributed by atoms with van der Waals surface area (Å²) in [6, 6.07) is 4.18. The molecule has 0 aliphatic heterocycles. The highest BCUT2D eigenvalue weighted by Crippen LogP contribution is 2.16. The molecule has 4 nitrogen and oxygen atoms in total. The average molecular weight is 220 g/mol. The van der Waals surface area contributed by atoms with Gasteiger partial charge in [0.05, 0.1) is 19.5 Å². The van der Waals surface area contributed by atoms with Gasteiger partial charge in [-0.3, -0.25) is 4.79 Å². The van der Waals surface area contributed by atoms with Crippen LogP contribution in [0.4, 0.5) is 4.39 Å². The van der Waals surface area contributed by atoms with Crippen LogP contribution >= 0.6 is 0 Å². The average Bonchev–Trinajstić information content (AvgIpc) is 2.77. The predicted molar refractivity (Wildman–Crippen MR) is 55.5 cm³/mol. The van der Waals surface area contributed by atoms with Crippen LogP contribution in [0.3, 0.4) is 0 Å². The second-order valence-corrected chi connectivity index (χ2v) is 3.15. The number of halogens is 1. The van der Waals surface area contributed by atoms with E-state index >= 15 is 0 Å². The number of methoxy groups -OCH3 is 1. The van der Waals surface area contributed by atoms with Crippen LogP contribution in [0.5, 0.6) is 5.75 Å². The van der Waals surface area contributed by atoms with Gasteiger partial charge in [-0.1, -0.05) is 0 Å². The van der Waals surface area contributed by atoms with Gasteiger partial charge >= 0.3 is 0 Å². The zero-order chi connectivity index (χ0) is 11.5. The maximum absolute atomic E-state index is 13.6. The van der Waals surface area contributed by atoms with Gasteiger partial charge in [-0.05, 0) is 18.2 Å². The van der Waals surface area contributed by atoms with Gasteiger partial charge in [0.25, 0.3) is 0 Å². The van der Waals surface area contributed by atoms with Gasteiger partial charge < -0.3 is 4.74 Å². The molecule has 1 heterocycles. The highest BCUT2D eigenvalue weighted by molar-refractivity contribution is 5.75. The first-order chi connectivity index (χ1) is 7.74. The fourth-order valence-corrected chi connectivity index (χ4v) is 1.33. The van der Waals surface area contributed by atoms with E-state index in [2.05, 4.69) is 5.10 Å². The van der Waals surface area contributed by atoms with E-state index in [4.69, 9.17) is 4.74 Å². The van der Waals surface area contributed by atoms with Crippen LogP contribution in [-0.2, 0) is 0 Å². The van der Waals surface area contributed by atoms with Crippen LogP contribution in [0.25, 0.3) is 5.69 Å². The molecule has 0 aliphatic rings. The molecule has 1 aromatic carbocycles. The number of hydrogen-bond acceptors (Lipinski definition) is 3. The number of aromatic nitrogens is 2. The summed E-state index contributed by atoms with van der Waals surface area (Å²) >= 11 is 0. The van der Waals surface area contributed by atoms with E-state index in [9.17, 15) is 9.18 Å². The lowest BCUT2D eigenvalue weighted by molar-refractivity contribution is 0.112. The monoisotopic (exact) mass is 220 g/mol. The summed E-state index contributed by atoms with van der Waals surface area (Å²) in [6.45, 7) is 0. The summed E-state index contributed by atoms with van der Waals surface area (Å²) in [6.07, 6.45) is 3.63. The smallest absolute Gasteiger partial charge is 0.157 e. The molecular formula is C11H9FN2O2. The van der Waals surface area contributed by atoms with Crippen LogP contribution in [0.2, 0.25) is 0 Å². The Morgan fingerprint density at radius 2 is 2.31 bits per heavy atom. The Morgan fingerprint density at radius 3 is 2.88 bits per heavy atom. The first-order valence-corrected chi connectivity index (χ1v) is 4.58. The van der Waals surface area contributed by atoms with Crippen molar-refractivity contribution in [2.75, 3.05) is 7.11 Å². The van der Waals surface area contributed by atoms with Crippen molar-refractivity contribution < 1.29 is 13.9 Å². The quantitative estimate of drug-likeness (QED) is 0.741. The molecule has 2 rings (SSSR count). The Morgan fingerprint density at radius 1 is 1.50 bits per heavy atom. The van der Waals surface area contributed by atoms with Crippen LogP contribution in [-0.4, -0.2) is 23.2 Å². The Hall–Kier alpha value is -2.17. The molecule has 0 fully saturated rings. The van der Waals surface area contributed by atoms with E-state index in [0.717, 1.165) is 6.07 Å². The van der Waals surface area contributed by atoms with E-state index in [-0.39, 0.29) is 5.69 Å². The van der Waals surface area contributed by atoms with E-state index in [1.54, 1.807) is 6.20 Å². The predicted octanol–water partition coefficient (Wildman–Crippen LogP) is 1.83. The van der Waals surface area contributed by atoms with Crippen molar-refractivity contribution in [3.8, 4) is 11.4 Å². The lowest BCUT2D eigenvalue weighted by atomic mass is 10.2. The van der Waals surface area contributed by atoms with Crippen molar-refractivity contribution >= 4 is 6.29 Å². The number of carbonyl (C=O) groups is 1. The molecule has 0 bridgehead atoms. The van der Waals surface area contributed by atoms with Crippen molar-refractivity contribution in [3.05, 3.63) is 42.0 Å². The summed E-state index contributed by atoms with van der Waals surface area (Å²) in [4.78, 5) is 10.4. The summed E-state index contributed by atoms with van der Waals surface area (Å²) < 4.78 is 19.9. The fourth-order valence-electron chi connectivity index (χ4n) is 1.33. The lowest BCUT2D eigenvalue weighted by Crippen LogP contribution is -1.98. The third-order valence-corrected chi connectivity index (χ3v) is 2.15. The molecule has 0 unspecified atom stereocenters. The minimum absolute atomic E-state index is 0.272. The zero-order valence-electron chi connectivity index (χ0n) is 8.55. The van der Waals surface area contributed by atoms with Crippen molar-refractivity contribution in [1.29, 1.82) is 0 Å². The van der Waals surface area contributed by atoms with Crippen LogP contribution in [0.15, 0.2) is 30.6 Å². The number of carbonyl (C=O) groups excluding carboxylic acids is 1. The summed E-state index contributed by atoms with van der Waals surface area (Å²) in [5, 5.41) is 3.94. The molecule has 0 aliphatic carbocycles. The molecule has 0 spiro atoms. The van der Waals surface area contributed by atoms with Gasteiger partial charge in [0, 0.05) is 5.56 Å². The van der Waals surface area contributed by atoms with Crippen molar-refractivity contribution in [3.63, 3.8) is 0 Å². The summed E-state index contributed by atoms with van der Waals surface area (Å²) in [7, 11) is 1.51. The molecule has 0 amide bonds. The zero-order valence-corrected chi connectivity index (χ0v) is 8.55. The first kappa shape index (κ1) is 10.4. The standard InChI is InChI=1S/C11H9FN2O2/c1-16-9-5-13-14(6-9)11-3-2-8(7-15)4-10(11)12/h2-7H,1H3. The molecule has 82 valence electrons. The van der Waals surface area contributed by atoms with Gasteiger partial charge in [0.15, 0.2) is 5.75 Å². The number of hydrogen-bond donors (Lipinski definition) is 0. The third kappa shape index (κ3) is 1.79. The van der Waals surface area contributed by atoms with Crippen molar-refractivity contribution in [2.45, 2.75) is 0 Å². The molecular weight excluding hydrogens is 211 g/mol. The fraction of sp³-hybridized carbons (Fsp3) is 0.0909.